The number of hydrogen-bond donors (Lipinski definition) is 0. The number of anilines is 1. The molecule has 0 bridgehead atoms. The topological polar surface area (TPSA) is 42.2 Å². The third-order valence-corrected chi connectivity index (χ3v) is 5.13. The molecular formula is C23H18FN3O. The summed E-state index contributed by atoms with van der Waals surface area (Å²) < 4.78 is 20.8. The van der Waals surface area contributed by atoms with Crippen molar-refractivity contribution < 1.29 is 8.81 Å². The Labute approximate surface area is 162 Å². The second-order valence-electron chi connectivity index (χ2n) is 6.81. The van der Waals surface area contributed by atoms with Crippen LogP contribution >= 0.6 is 0 Å². The van der Waals surface area contributed by atoms with Gasteiger partial charge >= 0.3 is 0 Å². The van der Waals surface area contributed by atoms with Crippen LogP contribution in [0.2, 0.25) is 0 Å². The minimum Gasteiger partial charge on any atom is -0.418 e. The maximum atomic E-state index is 14.8. The van der Waals surface area contributed by atoms with Crippen molar-refractivity contribution in [3.63, 3.8) is 0 Å². The monoisotopic (exact) mass is 371 g/mol. The van der Waals surface area contributed by atoms with Crippen LogP contribution in [0.1, 0.15) is 23.1 Å². The van der Waals surface area contributed by atoms with Crippen LogP contribution in [-0.4, -0.2) is 16.7 Å². The van der Waals surface area contributed by atoms with Gasteiger partial charge < -0.3 is 9.32 Å². The summed E-state index contributed by atoms with van der Waals surface area (Å²) in [5, 5.41) is 8.53. The van der Waals surface area contributed by atoms with Crippen LogP contribution in [0.5, 0.6) is 0 Å². The van der Waals surface area contributed by atoms with Crippen molar-refractivity contribution in [1.82, 2.24) is 10.2 Å². The van der Waals surface area contributed by atoms with Crippen LogP contribution in [0.15, 0.2) is 83.3 Å². The number of hydrogen-bond acceptors (Lipinski definition) is 4. The Bertz CT molecular complexity index is 1110. The predicted molar refractivity (Wildman–Crippen MR) is 105 cm³/mol. The zero-order chi connectivity index (χ0) is 18.9. The smallest absolute Gasteiger partial charge is 0.247 e. The zero-order valence-electron chi connectivity index (χ0n) is 15.1. The maximum absolute atomic E-state index is 14.8. The molecule has 5 heteroatoms. The van der Waals surface area contributed by atoms with E-state index in [-0.39, 0.29) is 5.82 Å². The molecule has 0 amide bonds. The fraction of sp³-hybridized carbons (Fsp3) is 0.130. The molecule has 1 unspecified atom stereocenters. The van der Waals surface area contributed by atoms with Crippen molar-refractivity contribution in [2.24, 2.45) is 0 Å². The van der Waals surface area contributed by atoms with Gasteiger partial charge in [0.15, 0.2) is 0 Å². The summed E-state index contributed by atoms with van der Waals surface area (Å²) in [6.07, 6.45) is 0.904. The van der Waals surface area contributed by atoms with E-state index in [9.17, 15) is 4.39 Å². The predicted octanol–water partition coefficient (Wildman–Crippen LogP) is 5.03. The molecule has 1 atom stereocenters. The molecule has 0 saturated carbocycles. The third-order valence-electron chi connectivity index (χ3n) is 5.13. The standard InChI is InChI=1S/C23H18FN3O/c24-19-12-6-5-11-18(19)21(27-15-14-16-8-4-7-13-20(16)27)23-26-25-22(28-23)17-9-2-1-3-10-17/h1-13,21H,14-15H2. The first kappa shape index (κ1) is 16.7. The SMILES string of the molecule is Fc1ccccc1C(c1nnc(-c2ccccc2)o1)N1CCc2ccccc21. The van der Waals surface area contributed by atoms with Crippen molar-refractivity contribution in [2.45, 2.75) is 12.5 Å². The van der Waals surface area contributed by atoms with E-state index in [1.807, 2.05) is 48.5 Å². The van der Waals surface area contributed by atoms with E-state index in [4.69, 9.17) is 4.42 Å². The summed E-state index contributed by atoms with van der Waals surface area (Å²) in [6, 6.07) is 24.1. The molecule has 0 saturated heterocycles. The molecule has 1 aliphatic rings. The first-order valence-corrected chi connectivity index (χ1v) is 9.29. The summed E-state index contributed by atoms with van der Waals surface area (Å²) in [5.41, 5.74) is 3.69. The van der Waals surface area contributed by atoms with Crippen LogP contribution in [0.4, 0.5) is 10.1 Å². The number of nitrogens with zero attached hydrogens (tertiary/aromatic N) is 3. The molecule has 0 N–H and O–H groups in total. The quantitative estimate of drug-likeness (QED) is 0.505. The molecule has 0 radical (unpaired) electrons. The molecule has 0 fully saturated rings. The molecule has 5 rings (SSSR count). The van der Waals surface area contributed by atoms with E-state index in [0.717, 1.165) is 24.2 Å². The van der Waals surface area contributed by atoms with Crippen molar-refractivity contribution in [3.05, 3.63) is 102 Å². The number of para-hydroxylation sites is 1. The summed E-state index contributed by atoms with van der Waals surface area (Å²) in [4.78, 5) is 2.15. The minimum atomic E-state index is -0.477. The highest BCUT2D eigenvalue weighted by Gasteiger charge is 2.33. The number of rotatable bonds is 4. The Hall–Kier alpha value is -3.47. The molecule has 2 heterocycles. The first-order chi connectivity index (χ1) is 13.8. The van der Waals surface area contributed by atoms with E-state index < -0.39 is 6.04 Å². The van der Waals surface area contributed by atoms with Gasteiger partial charge in [-0.25, -0.2) is 4.39 Å². The fourth-order valence-electron chi connectivity index (χ4n) is 3.81. The molecule has 4 aromatic rings. The number of aromatic nitrogens is 2. The lowest BCUT2D eigenvalue weighted by atomic mass is 10.0. The Balaban J connectivity index is 1.62. The summed E-state index contributed by atoms with van der Waals surface area (Å²) in [7, 11) is 0. The lowest BCUT2D eigenvalue weighted by Gasteiger charge is -2.28. The molecule has 28 heavy (non-hydrogen) atoms. The highest BCUT2D eigenvalue weighted by atomic mass is 19.1. The normalized spacial score (nSPS) is 14.1. The highest BCUT2D eigenvalue weighted by Crippen LogP contribution is 2.39. The molecule has 0 aliphatic carbocycles. The molecule has 0 spiro atoms. The van der Waals surface area contributed by atoms with Crippen molar-refractivity contribution >= 4 is 5.69 Å². The molecule has 3 aromatic carbocycles. The highest BCUT2D eigenvalue weighted by molar-refractivity contribution is 5.61. The van der Waals surface area contributed by atoms with Gasteiger partial charge in [-0.2, -0.15) is 0 Å². The van der Waals surface area contributed by atoms with Crippen LogP contribution in [0.3, 0.4) is 0 Å². The van der Waals surface area contributed by atoms with E-state index in [2.05, 4.69) is 27.2 Å². The lowest BCUT2D eigenvalue weighted by Crippen LogP contribution is -2.28. The van der Waals surface area contributed by atoms with Crippen molar-refractivity contribution in [2.75, 3.05) is 11.4 Å². The van der Waals surface area contributed by atoms with Gasteiger partial charge in [-0.3, -0.25) is 0 Å². The molecule has 1 aliphatic heterocycles. The van der Waals surface area contributed by atoms with Gasteiger partial charge in [0.2, 0.25) is 11.8 Å². The zero-order valence-corrected chi connectivity index (χ0v) is 15.1. The Morgan fingerprint density at radius 2 is 1.61 bits per heavy atom. The molecule has 1 aromatic heterocycles. The maximum Gasteiger partial charge on any atom is 0.247 e. The van der Waals surface area contributed by atoms with Gasteiger partial charge in [-0.15, -0.1) is 10.2 Å². The first-order valence-electron chi connectivity index (χ1n) is 9.29. The van der Waals surface area contributed by atoms with Gasteiger partial charge in [0.05, 0.1) is 0 Å². The van der Waals surface area contributed by atoms with Crippen LogP contribution in [0, 0.1) is 5.82 Å². The Kier molecular flexibility index (Phi) is 4.13. The molecule has 4 nitrogen and oxygen atoms in total. The van der Waals surface area contributed by atoms with E-state index in [1.165, 1.54) is 11.6 Å². The second-order valence-corrected chi connectivity index (χ2v) is 6.81. The number of fused-ring (bicyclic) bond motifs is 1. The largest absolute Gasteiger partial charge is 0.418 e. The van der Waals surface area contributed by atoms with Crippen LogP contribution in [-0.2, 0) is 6.42 Å². The Morgan fingerprint density at radius 1 is 0.857 bits per heavy atom. The Morgan fingerprint density at radius 3 is 2.46 bits per heavy atom. The lowest BCUT2D eigenvalue weighted by molar-refractivity contribution is 0.461. The van der Waals surface area contributed by atoms with Gasteiger partial charge in [-0.05, 0) is 36.2 Å². The van der Waals surface area contributed by atoms with Crippen molar-refractivity contribution in [1.29, 1.82) is 0 Å². The number of benzene rings is 3. The summed E-state index contributed by atoms with van der Waals surface area (Å²) >= 11 is 0. The van der Waals surface area contributed by atoms with Gasteiger partial charge in [0.1, 0.15) is 11.9 Å². The number of halogens is 1. The average Bonchev–Trinajstić information content (AvgIpc) is 3.39. The average molecular weight is 371 g/mol. The fourth-order valence-corrected chi connectivity index (χ4v) is 3.81. The van der Waals surface area contributed by atoms with E-state index in [1.54, 1.807) is 12.1 Å². The molecular weight excluding hydrogens is 353 g/mol. The van der Waals surface area contributed by atoms with Crippen molar-refractivity contribution in [3.8, 4) is 11.5 Å². The van der Waals surface area contributed by atoms with Gasteiger partial charge in [-0.1, -0.05) is 54.6 Å². The summed E-state index contributed by atoms with van der Waals surface area (Å²) in [5.74, 6) is 0.543. The minimum absolute atomic E-state index is 0.281. The van der Waals surface area contributed by atoms with Gasteiger partial charge in [0, 0.05) is 23.4 Å². The third kappa shape index (κ3) is 2.85. The van der Waals surface area contributed by atoms with Crippen LogP contribution in [0.25, 0.3) is 11.5 Å². The second kappa shape index (κ2) is 6.93. The van der Waals surface area contributed by atoms with E-state index >= 15 is 0 Å². The molecule has 138 valence electrons. The van der Waals surface area contributed by atoms with Gasteiger partial charge in [0.25, 0.3) is 0 Å². The van der Waals surface area contributed by atoms with E-state index in [0.29, 0.717) is 17.3 Å². The van der Waals surface area contributed by atoms with Crippen LogP contribution < -0.4 is 4.90 Å². The summed E-state index contributed by atoms with van der Waals surface area (Å²) in [6.45, 7) is 0.765.